The molecule has 0 fully saturated rings. The fourth-order valence-corrected chi connectivity index (χ4v) is 8.13. The number of hydrogen-bond donors (Lipinski definition) is 0. The average molecular weight is 651 g/mol. The van der Waals surface area contributed by atoms with Crippen LogP contribution in [0.2, 0.25) is 0 Å². The molecule has 0 nitrogen and oxygen atoms in total. The molecule has 2 aromatic heterocycles. The lowest BCUT2D eigenvalue weighted by atomic mass is 10.0. The molecule has 8 aromatic rings. The molecule has 230 valence electrons. The molecule has 0 aliphatic heterocycles. The molecule has 2 heteroatoms. The van der Waals surface area contributed by atoms with Crippen molar-refractivity contribution in [1.82, 2.24) is 0 Å². The van der Waals surface area contributed by atoms with Crippen molar-refractivity contribution in [3.05, 3.63) is 179 Å². The molecule has 0 saturated heterocycles. The van der Waals surface area contributed by atoms with E-state index in [1.165, 1.54) is 85.6 Å². The van der Waals surface area contributed by atoms with Gasteiger partial charge in [-0.25, -0.2) is 0 Å². The maximum Gasteiger partial charge on any atom is 0.0449 e. The van der Waals surface area contributed by atoms with Crippen LogP contribution >= 0.6 is 22.7 Å². The summed E-state index contributed by atoms with van der Waals surface area (Å²) < 4.78 is 0. The maximum atomic E-state index is 2.32. The minimum atomic E-state index is 1.21. The fourth-order valence-electron chi connectivity index (χ4n) is 6.03. The predicted molar refractivity (Wildman–Crippen MR) is 214 cm³/mol. The molecule has 0 saturated carbocycles. The summed E-state index contributed by atoms with van der Waals surface area (Å²) >= 11 is 3.73. The summed E-state index contributed by atoms with van der Waals surface area (Å²) in [6.45, 7) is 4.24. The average Bonchev–Trinajstić information content (AvgIpc) is 3.82. The van der Waals surface area contributed by atoms with E-state index in [0.29, 0.717) is 0 Å². The van der Waals surface area contributed by atoms with Gasteiger partial charge in [-0.1, -0.05) is 132 Å². The van der Waals surface area contributed by atoms with Crippen molar-refractivity contribution < 1.29 is 0 Å². The van der Waals surface area contributed by atoms with Crippen molar-refractivity contribution in [2.45, 2.75) is 13.8 Å². The van der Waals surface area contributed by atoms with Crippen LogP contribution in [0, 0.1) is 13.8 Å². The number of aryl methyl sites for hydroxylation is 2. The Morgan fingerprint density at radius 1 is 0.312 bits per heavy atom. The normalized spacial score (nSPS) is 11.8. The van der Waals surface area contributed by atoms with Gasteiger partial charge in [-0.3, -0.25) is 0 Å². The van der Waals surface area contributed by atoms with Gasteiger partial charge in [-0.05, 0) is 117 Å². The Hall–Kier alpha value is -5.28. The van der Waals surface area contributed by atoms with E-state index < -0.39 is 0 Å². The van der Waals surface area contributed by atoms with E-state index in [1.807, 2.05) is 22.7 Å². The van der Waals surface area contributed by atoms with Crippen LogP contribution in [-0.4, -0.2) is 0 Å². The molecule has 0 spiro atoms. The van der Waals surface area contributed by atoms with Gasteiger partial charge in [0.1, 0.15) is 0 Å². The molecule has 48 heavy (non-hydrogen) atoms. The number of benzene rings is 6. The highest BCUT2D eigenvalue weighted by atomic mass is 32.1. The second kappa shape index (κ2) is 13.1. The summed E-state index contributed by atoms with van der Waals surface area (Å²) in [5.74, 6) is 0. The van der Waals surface area contributed by atoms with Crippen molar-refractivity contribution in [3.63, 3.8) is 0 Å². The SMILES string of the molecule is Cc1ccc(/C=C/c2ccc3cc(-c4ccc(-c5ccc(-c6ccc7cc(/C=C/c8ccc(C)cc8)ccc7c6)s5)s4)ccc3c2)cc1. The zero-order valence-corrected chi connectivity index (χ0v) is 28.6. The van der Waals surface area contributed by atoms with Crippen molar-refractivity contribution >= 4 is 68.5 Å². The van der Waals surface area contributed by atoms with Gasteiger partial charge in [-0.15, -0.1) is 22.7 Å². The molecule has 0 atom stereocenters. The summed E-state index contributed by atoms with van der Waals surface area (Å²) in [4.78, 5) is 5.21. The van der Waals surface area contributed by atoms with Crippen LogP contribution in [-0.2, 0) is 0 Å². The first-order chi connectivity index (χ1) is 23.5. The van der Waals surface area contributed by atoms with Gasteiger partial charge in [0.15, 0.2) is 0 Å². The molecule has 0 aliphatic rings. The first-order valence-electron chi connectivity index (χ1n) is 16.3. The van der Waals surface area contributed by atoms with Crippen molar-refractivity contribution in [3.8, 4) is 30.6 Å². The molecule has 2 heterocycles. The Balaban J connectivity index is 0.976. The second-order valence-corrected chi connectivity index (χ2v) is 14.6. The Labute approximate surface area is 290 Å². The van der Waals surface area contributed by atoms with E-state index in [4.69, 9.17) is 0 Å². The Morgan fingerprint density at radius 3 is 1.08 bits per heavy atom. The summed E-state index contributed by atoms with van der Waals surface area (Å²) in [5.41, 5.74) is 9.96. The molecular weight excluding hydrogens is 617 g/mol. The number of rotatable bonds is 7. The molecule has 0 aliphatic carbocycles. The number of thiophene rings is 2. The highest BCUT2D eigenvalue weighted by molar-refractivity contribution is 7.25. The van der Waals surface area contributed by atoms with E-state index in [0.717, 1.165) is 0 Å². The minimum Gasteiger partial charge on any atom is -0.134 e. The highest BCUT2D eigenvalue weighted by Crippen LogP contribution is 2.41. The van der Waals surface area contributed by atoms with Gasteiger partial charge in [0.05, 0.1) is 0 Å². The van der Waals surface area contributed by atoms with Gasteiger partial charge in [0.2, 0.25) is 0 Å². The quantitative estimate of drug-likeness (QED) is 0.151. The molecule has 0 radical (unpaired) electrons. The van der Waals surface area contributed by atoms with Crippen LogP contribution in [0.3, 0.4) is 0 Å². The van der Waals surface area contributed by atoms with E-state index >= 15 is 0 Å². The molecule has 8 rings (SSSR count). The number of hydrogen-bond acceptors (Lipinski definition) is 2. The summed E-state index contributed by atoms with van der Waals surface area (Å²) in [7, 11) is 0. The van der Waals surface area contributed by atoms with Crippen LogP contribution in [0.4, 0.5) is 0 Å². The lowest BCUT2D eigenvalue weighted by Gasteiger charge is -2.04. The summed E-state index contributed by atoms with van der Waals surface area (Å²) in [5, 5.41) is 5.04. The summed E-state index contributed by atoms with van der Waals surface area (Å²) in [6.07, 6.45) is 8.75. The smallest absolute Gasteiger partial charge is 0.0449 e. The molecule has 6 aromatic carbocycles. The second-order valence-electron chi connectivity index (χ2n) is 12.5. The predicted octanol–water partition coefficient (Wildman–Crippen LogP) is 14.1. The molecule has 0 bridgehead atoms. The largest absolute Gasteiger partial charge is 0.134 e. The minimum absolute atomic E-state index is 1.21. The van der Waals surface area contributed by atoms with E-state index in [-0.39, 0.29) is 0 Å². The first-order valence-corrected chi connectivity index (χ1v) is 17.9. The zero-order chi connectivity index (χ0) is 32.5. The third-order valence-corrected chi connectivity index (χ3v) is 11.3. The third kappa shape index (κ3) is 6.59. The monoisotopic (exact) mass is 650 g/mol. The first kappa shape index (κ1) is 30.1. The Bertz CT molecular complexity index is 2270. The fraction of sp³-hybridized carbons (Fsp3) is 0.0435. The van der Waals surface area contributed by atoms with Crippen LogP contribution in [0.1, 0.15) is 33.4 Å². The zero-order valence-electron chi connectivity index (χ0n) is 27.0. The number of fused-ring (bicyclic) bond motifs is 2. The maximum absolute atomic E-state index is 2.32. The van der Waals surface area contributed by atoms with Gasteiger partial charge in [-0.2, -0.15) is 0 Å². The third-order valence-electron chi connectivity index (χ3n) is 8.84. The topological polar surface area (TPSA) is 0 Å². The van der Waals surface area contributed by atoms with Crippen LogP contribution in [0.15, 0.2) is 146 Å². The van der Waals surface area contributed by atoms with Gasteiger partial charge in [0, 0.05) is 19.5 Å². The van der Waals surface area contributed by atoms with Crippen LogP contribution in [0.5, 0.6) is 0 Å². The lowest BCUT2D eigenvalue weighted by molar-refractivity contribution is 1.46. The van der Waals surface area contributed by atoms with E-state index in [1.54, 1.807) is 0 Å². The van der Waals surface area contributed by atoms with Gasteiger partial charge < -0.3 is 0 Å². The van der Waals surface area contributed by atoms with E-state index in [9.17, 15) is 0 Å². The molecule has 0 N–H and O–H groups in total. The van der Waals surface area contributed by atoms with Crippen molar-refractivity contribution in [2.75, 3.05) is 0 Å². The molecular formula is C46H34S2. The Kier molecular flexibility index (Phi) is 8.20. The van der Waals surface area contributed by atoms with E-state index in [2.05, 4.69) is 184 Å². The van der Waals surface area contributed by atoms with Crippen molar-refractivity contribution in [1.29, 1.82) is 0 Å². The standard InChI is InChI=1S/C46H34S2/c1-31-3-7-33(8-4-31)11-13-35-15-17-39-29-41(21-19-37(39)27-35)43-23-25-45(47-43)46-26-24-44(48-46)42-22-20-38-28-36(16-18-40(38)30-42)14-12-34-9-5-32(2)6-10-34/h3-30H,1-2H3/b13-11+,14-12+. The van der Waals surface area contributed by atoms with Crippen molar-refractivity contribution in [2.24, 2.45) is 0 Å². The van der Waals surface area contributed by atoms with Crippen LogP contribution < -0.4 is 0 Å². The van der Waals surface area contributed by atoms with Gasteiger partial charge >= 0.3 is 0 Å². The molecule has 0 amide bonds. The molecule has 0 unspecified atom stereocenters. The van der Waals surface area contributed by atoms with Crippen LogP contribution in [0.25, 0.3) is 76.5 Å². The summed E-state index contributed by atoms with van der Waals surface area (Å²) in [6, 6.07) is 53.4. The lowest BCUT2D eigenvalue weighted by Crippen LogP contribution is -1.79. The highest BCUT2D eigenvalue weighted by Gasteiger charge is 2.10. The van der Waals surface area contributed by atoms with Gasteiger partial charge in [0.25, 0.3) is 0 Å². The Morgan fingerprint density at radius 2 is 0.646 bits per heavy atom.